The van der Waals surface area contributed by atoms with Crippen molar-refractivity contribution in [1.82, 2.24) is 14.5 Å². The van der Waals surface area contributed by atoms with Gasteiger partial charge < -0.3 is 5.11 Å². The average molecular weight is 993 g/mol. The van der Waals surface area contributed by atoms with Gasteiger partial charge in [0.1, 0.15) is 11.6 Å². The Kier molecular flexibility index (Phi) is 6.58. The number of fused-ring (bicyclic) bond motifs is 1. The summed E-state index contributed by atoms with van der Waals surface area (Å²) in [5.74, 6) is 0.0908. The molecule has 0 unspecified atom stereocenters. The van der Waals surface area contributed by atoms with Gasteiger partial charge >= 0.3 is 0 Å². The second-order valence-corrected chi connectivity index (χ2v) is 14.7. The minimum Gasteiger partial charge on any atom is -0.507 e. The topological polar surface area (TPSA) is 50.9 Å². The molecule has 0 saturated carbocycles. The van der Waals surface area contributed by atoms with Gasteiger partial charge in [-0.15, -0.1) is 23.8 Å². The van der Waals surface area contributed by atoms with Gasteiger partial charge in [-0.3, -0.25) is 9.55 Å². The van der Waals surface area contributed by atoms with Crippen LogP contribution in [-0.4, -0.2) is 19.6 Å². The van der Waals surface area contributed by atoms with E-state index in [2.05, 4.69) is 11.1 Å². The number of aryl methyl sites for hydroxylation is 3. The van der Waals surface area contributed by atoms with E-state index >= 15 is 0 Å². The van der Waals surface area contributed by atoms with E-state index in [0.717, 1.165) is 11.1 Å². The van der Waals surface area contributed by atoms with E-state index in [1.807, 2.05) is 43.3 Å². The number of hydrogen-bond acceptors (Lipinski definition) is 3. The molecule has 4 nitrogen and oxygen atoms in total. The molecular weight excluding hydrogens is 926 g/mol. The molecule has 304 valence electrons. The predicted molar refractivity (Wildman–Crippen MR) is 250 cm³/mol. The van der Waals surface area contributed by atoms with Gasteiger partial charge in [-0.25, -0.2) is 4.98 Å². The van der Waals surface area contributed by atoms with Gasteiger partial charge in [0, 0.05) is 59.2 Å². The first-order valence-corrected chi connectivity index (χ1v) is 19.1. The first-order chi connectivity index (χ1) is 36.8. The SMILES string of the molecule is [2H]c1c([2H])c(C(C([2H])([2H])[2H])(C([2H])([2H])[2H])C([2H])([2H])[2H])c([2H])c([2H])c1-c1ccnc(-c2[c-]c(-c3cccc4c3nc(-c3cc(C)cc(C)c3O)n4-c3cc(-c4ccccc4)c(C([2H])([2H])[2H])c(C([2H])([2H])[2H])c3)cc(-c3ccccc3)c2)c1.[Pt]. The summed E-state index contributed by atoms with van der Waals surface area (Å²) in [5, 5.41) is 11.8. The van der Waals surface area contributed by atoms with Gasteiger partial charge in [0.15, 0.2) is 0 Å². The molecular formula is C56H48N3OPt-. The summed E-state index contributed by atoms with van der Waals surface area (Å²) in [6, 6.07) is 35.5. The van der Waals surface area contributed by atoms with E-state index in [1.54, 1.807) is 84.3 Å². The zero-order chi connectivity index (χ0) is 57.7. The third-order valence-corrected chi connectivity index (χ3v) is 10.4. The van der Waals surface area contributed by atoms with Crippen molar-refractivity contribution < 1.29 is 52.2 Å². The predicted octanol–water partition coefficient (Wildman–Crippen LogP) is 14.5. The number of rotatable bonds is 7. The molecule has 2 aromatic heterocycles. The van der Waals surface area contributed by atoms with Crippen molar-refractivity contribution in [2.24, 2.45) is 0 Å². The zero-order valence-electron chi connectivity index (χ0n) is 51.8. The molecule has 9 aromatic rings. The van der Waals surface area contributed by atoms with E-state index in [0.29, 0.717) is 50.0 Å². The average Bonchev–Trinajstić information content (AvgIpc) is 3.80. The maximum Gasteiger partial charge on any atom is 0.148 e. The molecule has 7 aromatic carbocycles. The number of benzene rings is 7. The summed E-state index contributed by atoms with van der Waals surface area (Å²) in [5.41, 5.74) is -0.101. The van der Waals surface area contributed by atoms with Crippen molar-refractivity contribution in [1.29, 1.82) is 0 Å². The number of para-hydroxylation sites is 1. The Morgan fingerprint density at radius 2 is 1.38 bits per heavy atom. The van der Waals surface area contributed by atoms with Crippen molar-refractivity contribution in [2.75, 3.05) is 0 Å². The number of phenols is 1. The second-order valence-electron chi connectivity index (χ2n) is 14.7. The van der Waals surface area contributed by atoms with Crippen molar-refractivity contribution >= 4 is 11.0 Å². The van der Waals surface area contributed by atoms with Crippen LogP contribution >= 0.6 is 0 Å². The zero-order valence-corrected chi connectivity index (χ0v) is 35.1. The Morgan fingerprint density at radius 3 is 2.10 bits per heavy atom. The molecule has 9 rings (SSSR count). The third kappa shape index (κ3) is 8.01. The minimum absolute atomic E-state index is 0. The molecule has 0 aliphatic heterocycles. The van der Waals surface area contributed by atoms with Crippen molar-refractivity contribution in [3.8, 4) is 78.6 Å². The summed E-state index contributed by atoms with van der Waals surface area (Å²) in [7, 11) is 0. The standard InChI is InChI=1S/C56H48N3O.Pt/c1-35-27-37(3)54(60)50(28-35)55-58-53-48(19-14-20-52(53)59(55)47-29-36(2)38(4)49(34-47)41-17-12-9-13-18-41)44-30-43(39-15-10-8-11-16-39)31-45(32-44)51-33-42(25-26-57-51)40-21-23-46(24-22-40)56(5,6)7;/h8-31,33-34,60H,1-7H3;/q-1;/i2D3,4D3,5D3,6D3,7D3,21D,22D,23D,24D;. The molecule has 0 fully saturated rings. The maximum atomic E-state index is 11.8. The fourth-order valence-electron chi connectivity index (χ4n) is 7.52. The largest absolute Gasteiger partial charge is 0.507 e. The van der Waals surface area contributed by atoms with Gasteiger partial charge in [0.2, 0.25) is 0 Å². The molecule has 0 aliphatic rings. The van der Waals surface area contributed by atoms with E-state index in [1.165, 1.54) is 24.4 Å². The Bertz CT molecular complexity index is 3800. The number of phenolic OH excluding ortho intramolecular Hbond substituents is 1. The van der Waals surface area contributed by atoms with Crippen LogP contribution in [0, 0.1) is 33.6 Å². The van der Waals surface area contributed by atoms with Crippen LogP contribution in [0.1, 0.15) is 74.4 Å². The molecule has 0 bridgehead atoms. The fraction of sp³-hybridized carbons (Fsp3) is 0.143. The molecule has 0 radical (unpaired) electrons. The summed E-state index contributed by atoms with van der Waals surface area (Å²) in [6.07, 6.45) is 1.34. The normalized spacial score (nSPS) is 17.0. The molecule has 5 heteroatoms. The van der Waals surface area contributed by atoms with Crippen molar-refractivity contribution in [3.63, 3.8) is 0 Å². The maximum absolute atomic E-state index is 11.8. The molecule has 1 N–H and O–H groups in total. The first-order valence-electron chi connectivity index (χ1n) is 28.6. The van der Waals surface area contributed by atoms with Gasteiger partial charge in [-0.2, -0.15) is 0 Å². The fourth-order valence-corrected chi connectivity index (χ4v) is 7.52. The third-order valence-electron chi connectivity index (χ3n) is 10.4. The summed E-state index contributed by atoms with van der Waals surface area (Å²) < 4.78 is 164. The van der Waals surface area contributed by atoms with Crippen molar-refractivity contribution in [3.05, 3.63) is 192 Å². The number of nitrogens with zero attached hydrogens (tertiary/aromatic N) is 3. The second kappa shape index (κ2) is 16.6. The van der Waals surface area contributed by atoms with Gasteiger partial charge in [0.05, 0.1) is 22.1 Å². The number of imidazole rings is 1. The Morgan fingerprint density at radius 1 is 0.639 bits per heavy atom. The monoisotopic (exact) mass is 992 g/mol. The molecule has 0 spiro atoms. The Balaban J connectivity index is 0.00000841. The smallest absolute Gasteiger partial charge is 0.148 e. The Hall–Kier alpha value is -6.35. The van der Waals surface area contributed by atoms with Crippen LogP contribution in [0.25, 0.3) is 83.9 Å². The van der Waals surface area contributed by atoms with Crippen LogP contribution in [0.4, 0.5) is 0 Å². The van der Waals surface area contributed by atoms with Crippen LogP contribution in [0.3, 0.4) is 0 Å². The van der Waals surface area contributed by atoms with E-state index in [4.69, 9.17) is 31.0 Å². The number of aromatic hydroxyl groups is 1. The Labute approximate surface area is 400 Å². The van der Waals surface area contributed by atoms with Gasteiger partial charge in [-0.1, -0.05) is 146 Å². The van der Waals surface area contributed by atoms with Gasteiger partial charge in [-0.05, 0) is 119 Å². The van der Waals surface area contributed by atoms with Gasteiger partial charge in [0.25, 0.3) is 0 Å². The molecule has 2 heterocycles. The summed E-state index contributed by atoms with van der Waals surface area (Å²) >= 11 is 0. The number of pyridine rings is 1. The van der Waals surface area contributed by atoms with Crippen LogP contribution < -0.4 is 0 Å². The van der Waals surface area contributed by atoms with E-state index in [9.17, 15) is 5.11 Å². The van der Waals surface area contributed by atoms with E-state index in [-0.39, 0.29) is 66.3 Å². The summed E-state index contributed by atoms with van der Waals surface area (Å²) in [4.78, 5) is 9.87. The molecule has 0 saturated heterocycles. The quantitative estimate of drug-likeness (QED) is 0.162. The molecule has 0 aliphatic carbocycles. The van der Waals surface area contributed by atoms with Crippen LogP contribution in [0.2, 0.25) is 0 Å². The molecule has 61 heavy (non-hydrogen) atoms. The molecule has 0 amide bonds. The van der Waals surface area contributed by atoms with Crippen LogP contribution in [0.5, 0.6) is 5.75 Å². The van der Waals surface area contributed by atoms with Crippen molar-refractivity contribution in [2.45, 2.75) is 53.5 Å². The van der Waals surface area contributed by atoms with E-state index < -0.39 is 75.0 Å². The summed E-state index contributed by atoms with van der Waals surface area (Å²) in [6.45, 7) is -13.8. The van der Waals surface area contributed by atoms with Crippen LogP contribution in [-0.2, 0) is 26.5 Å². The number of hydrogen-bond donors (Lipinski definition) is 1. The molecule has 0 atom stereocenters. The first kappa shape index (κ1) is 24.2. The number of aromatic nitrogens is 3. The minimum atomic E-state index is -3.86. The van der Waals surface area contributed by atoms with Crippen LogP contribution in [0.15, 0.2) is 158 Å².